The maximum atomic E-state index is 11.5. The van der Waals surface area contributed by atoms with Crippen LogP contribution in [0.2, 0.25) is 0 Å². The molecule has 2 atom stereocenters. The first kappa shape index (κ1) is 11.9. The molecule has 92 valence electrons. The maximum absolute atomic E-state index is 11.5. The Kier molecular flexibility index (Phi) is 3.85. The second-order valence-electron chi connectivity index (χ2n) is 5.25. The molecule has 3 nitrogen and oxygen atoms in total. The van der Waals surface area contributed by atoms with Gasteiger partial charge in [-0.3, -0.25) is 4.79 Å². The molecule has 16 heavy (non-hydrogen) atoms. The largest absolute Gasteiger partial charge is 0.466 e. The van der Waals surface area contributed by atoms with Crippen molar-refractivity contribution in [2.45, 2.75) is 57.5 Å². The van der Waals surface area contributed by atoms with E-state index in [9.17, 15) is 4.79 Å². The third-order valence-corrected chi connectivity index (χ3v) is 4.20. The molecule has 0 aromatic carbocycles. The van der Waals surface area contributed by atoms with E-state index in [-0.39, 0.29) is 5.97 Å². The molecule has 2 saturated heterocycles. The number of piperidine rings is 2. The second-order valence-corrected chi connectivity index (χ2v) is 5.25. The molecule has 0 spiro atoms. The zero-order chi connectivity index (χ0) is 11.5. The van der Waals surface area contributed by atoms with Crippen molar-refractivity contribution in [2.75, 3.05) is 13.7 Å². The van der Waals surface area contributed by atoms with Gasteiger partial charge < -0.3 is 9.64 Å². The minimum atomic E-state index is -0.00451. The fraction of sp³-hybridized carbons (Fsp3) is 0.923. The van der Waals surface area contributed by atoms with Crippen molar-refractivity contribution in [3.63, 3.8) is 0 Å². The summed E-state index contributed by atoms with van der Waals surface area (Å²) in [6.45, 7) is 2.39. The number of hydrogen-bond donors (Lipinski definition) is 0. The van der Waals surface area contributed by atoms with Crippen molar-refractivity contribution in [3.8, 4) is 0 Å². The lowest BCUT2D eigenvalue weighted by Crippen LogP contribution is -2.50. The lowest BCUT2D eigenvalue weighted by atomic mass is 9.77. The zero-order valence-electron chi connectivity index (χ0n) is 10.4. The predicted molar refractivity (Wildman–Crippen MR) is 63.2 cm³/mol. The average molecular weight is 225 g/mol. The first-order chi connectivity index (χ1) is 7.70. The van der Waals surface area contributed by atoms with Crippen LogP contribution in [0, 0.1) is 5.92 Å². The van der Waals surface area contributed by atoms with Gasteiger partial charge in [-0.05, 0) is 45.6 Å². The summed E-state index contributed by atoms with van der Waals surface area (Å²) in [6, 6.07) is 1.43. The SMILES string of the molecule is CCOC(=O)CC1CC2CCCC(C1)N2C. The lowest BCUT2D eigenvalue weighted by Gasteiger charge is -2.47. The highest BCUT2D eigenvalue weighted by atomic mass is 16.5. The minimum absolute atomic E-state index is 0.00451. The van der Waals surface area contributed by atoms with Crippen molar-refractivity contribution in [3.05, 3.63) is 0 Å². The number of esters is 1. The van der Waals surface area contributed by atoms with E-state index >= 15 is 0 Å². The molecule has 2 aliphatic rings. The Morgan fingerprint density at radius 2 is 1.94 bits per heavy atom. The van der Waals surface area contributed by atoms with Gasteiger partial charge in [-0.25, -0.2) is 0 Å². The quantitative estimate of drug-likeness (QED) is 0.690. The number of nitrogens with zero attached hydrogens (tertiary/aromatic N) is 1. The van der Waals surface area contributed by atoms with E-state index in [0.29, 0.717) is 31.0 Å². The van der Waals surface area contributed by atoms with Gasteiger partial charge in [0.1, 0.15) is 0 Å². The molecule has 0 saturated carbocycles. The molecule has 2 fully saturated rings. The van der Waals surface area contributed by atoms with Crippen LogP contribution in [-0.2, 0) is 9.53 Å². The van der Waals surface area contributed by atoms with E-state index in [1.807, 2.05) is 6.92 Å². The molecule has 2 unspecified atom stereocenters. The molecule has 3 heteroatoms. The van der Waals surface area contributed by atoms with Crippen LogP contribution >= 0.6 is 0 Å². The van der Waals surface area contributed by atoms with Crippen LogP contribution < -0.4 is 0 Å². The van der Waals surface area contributed by atoms with E-state index in [1.54, 1.807) is 0 Å². The molecular weight excluding hydrogens is 202 g/mol. The maximum Gasteiger partial charge on any atom is 0.306 e. The first-order valence-electron chi connectivity index (χ1n) is 6.58. The molecule has 0 N–H and O–H groups in total. The second kappa shape index (κ2) is 5.17. The van der Waals surface area contributed by atoms with Gasteiger partial charge in [0.2, 0.25) is 0 Å². The fourth-order valence-corrected chi connectivity index (χ4v) is 3.35. The topological polar surface area (TPSA) is 29.5 Å². The van der Waals surface area contributed by atoms with E-state index in [0.717, 1.165) is 0 Å². The number of carbonyl (C=O) groups is 1. The van der Waals surface area contributed by atoms with Crippen molar-refractivity contribution in [2.24, 2.45) is 5.92 Å². The normalized spacial score (nSPS) is 34.8. The van der Waals surface area contributed by atoms with Gasteiger partial charge in [-0.2, -0.15) is 0 Å². The summed E-state index contributed by atoms with van der Waals surface area (Å²) in [5, 5.41) is 0. The number of ether oxygens (including phenoxy) is 1. The van der Waals surface area contributed by atoms with Crippen molar-refractivity contribution < 1.29 is 9.53 Å². The van der Waals surface area contributed by atoms with Gasteiger partial charge in [0, 0.05) is 18.5 Å². The summed E-state index contributed by atoms with van der Waals surface area (Å²) in [5.41, 5.74) is 0. The highest BCUT2D eigenvalue weighted by Gasteiger charge is 2.36. The van der Waals surface area contributed by atoms with Crippen molar-refractivity contribution in [1.82, 2.24) is 4.90 Å². The molecule has 0 amide bonds. The molecule has 0 radical (unpaired) electrons. The molecule has 0 aromatic rings. The third-order valence-electron chi connectivity index (χ3n) is 4.20. The van der Waals surface area contributed by atoms with E-state index in [2.05, 4.69) is 11.9 Å². The van der Waals surface area contributed by atoms with Crippen molar-refractivity contribution >= 4 is 5.97 Å². The number of hydrogen-bond acceptors (Lipinski definition) is 3. The van der Waals surface area contributed by atoms with Gasteiger partial charge in [-0.15, -0.1) is 0 Å². The fourth-order valence-electron chi connectivity index (χ4n) is 3.35. The Balaban J connectivity index is 1.87. The van der Waals surface area contributed by atoms with Gasteiger partial charge >= 0.3 is 5.97 Å². The molecule has 2 aliphatic heterocycles. The van der Waals surface area contributed by atoms with E-state index < -0.39 is 0 Å². The van der Waals surface area contributed by atoms with Crippen LogP contribution in [0.1, 0.15) is 45.4 Å². The summed E-state index contributed by atoms with van der Waals surface area (Å²) in [7, 11) is 2.25. The molecule has 2 rings (SSSR count). The summed E-state index contributed by atoms with van der Waals surface area (Å²) in [6.07, 6.45) is 7.00. The lowest BCUT2D eigenvalue weighted by molar-refractivity contribution is -0.145. The first-order valence-corrected chi connectivity index (χ1v) is 6.58. The van der Waals surface area contributed by atoms with Crippen molar-refractivity contribution in [1.29, 1.82) is 0 Å². The minimum Gasteiger partial charge on any atom is -0.466 e. The Hall–Kier alpha value is -0.570. The van der Waals surface area contributed by atoms with Gasteiger partial charge in [-0.1, -0.05) is 6.42 Å². The standard InChI is InChI=1S/C13H23NO2/c1-3-16-13(15)9-10-7-11-5-4-6-12(8-10)14(11)2/h10-12H,3-9H2,1-2H3. The van der Waals surface area contributed by atoms with Crippen LogP contribution in [0.3, 0.4) is 0 Å². The molecule has 0 aromatic heterocycles. The summed E-state index contributed by atoms with van der Waals surface area (Å²) in [5.74, 6) is 0.556. The van der Waals surface area contributed by atoms with Gasteiger partial charge in [0.15, 0.2) is 0 Å². The molecule has 2 bridgehead atoms. The molecule has 2 heterocycles. The van der Waals surface area contributed by atoms with E-state index in [4.69, 9.17) is 4.74 Å². The predicted octanol–water partition coefficient (Wildman–Crippen LogP) is 2.20. The Labute approximate surface area is 98.1 Å². The monoisotopic (exact) mass is 225 g/mol. The smallest absolute Gasteiger partial charge is 0.306 e. The Morgan fingerprint density at radius 3 is 2.50 bits per heavy atom. The summed E-state index contributed by atoms with van der Waals surface area (Å²) in [4.78, 5) is 14.0. The van der Waals surface area contributed by atoms with Crippen LogP contribution in [-0.4, -0.2) is 36.6 Å². The Bertz CT molecular complexity index is 240. The number of fused-ring (bicyclic) bond motifs is 2. The van der Waals surface area contributed by atoms with Crippen LogP contribution in [0.25, 0.3) is 0 Å². The number of carbonyl (C=O) groups excluding carboxylic acids is 1. The van der Waals surface area contributed by atoms with Crippen LogP contribution in [0.4, 0.5) is 0 Å². The van der Waals surface area contributed by atoms with Gasteiger partial charge in [0.05, 0.1) is 6.61 Å². The average Bonchev–Trinajstić information content (AvgIpc) is 2.20. The summed E-state index contributed by atoms with van der Waals surface area (Å²) < 4.78 is 5.04. The van der Waals surface area contributed by atoms with E-state index in [1.165, 1.54) is 32.1 Å². The zero-order valence-corrected chi connectivity index (χ0v) is 10.4. The number of rotatable bonds is 3. The van der Waals surface area contributed by atoms with Crippen LogP contribution in [0.15, 0.2) is 0 Å². The molecule has 0 aliphatic carbocycles. The molecular formula is C13H23NO2. The Morgan fingerprint density at radius 1 is 1.31 bits per heavy atom. The third kappa shape index (κ3) is 2.57. The highest BCUT2D eigenvalue weighted by Crippen LogP contribution is 2.37. The van der Waals surface area contributed by atoms with Gasteiger partial charge in [0.25, 0.3) is 0 Å². The highest BCUT2D eigenvalue weighted by molar-refractivity contribution is 5.69. The van der Waals surface area contributed by atoms with Crippen LogP contribution in [0.5, 0.6) is 0 Å². The summed E-state index contributed by atoms with van der Waals surface area (Å²) >= 11 is 0.